The zero-order valence-electron chi connectivity index (χ0n) is 13.8. The summed E-state index contributed by atoms with van der Waals surface area (Å²) in [6, 6.07) is 11.4. The topological polar surface area (TPSA) is 54.7 Å². The van der Waals surface area contributed by atoms with E-state index in [0.717, 1.165) is 30.9 Å². The molecule has 4 heterocycles. The van der Waals surface area contributed by atoms with Gasteiger partial charge in [0.15, 0.2) is 5.76 Å². The van der Waals surface area contributed by atoms with Gasteiger partial charge >= 0.3 is 0 Å². The number of rotatable bonds is 4. The van der Waals surface area contributed by atoms with Crippen LogP contribution in [0.2, 0.25) is 0 Å². The molecular weight excluding hydrogens is 304 g/mol. The minimum absolute atomic E-state index is 0.130. The molecule has 0 aliphatic carbocycles. The third-order valence-electron chi connectivity index (χ3n) is 5.17. The number of methoxy groups -OCH3 is 1. The summed E-state index contributed by atoms with van der Waals surface area (Å²) < 4.78 is 11.1. The summed E-state index contributed by atoms with van der Waals surface area (Å²) in [5, 5.41) is 3.15. The first-order valence-corrected chi connectivity index (χ1v) is 8.51. The van der Waals surface area contributed by atoms with Crippen LogP contribution in [0.3, 0.4) is 0 Å². The number of fused-ring (bicyclic) bond motifs is 3. The van der Waals surface area contributed by atoms with Crippen LogP contribution in [0.1, 0.15) is 23.4 Å². The average molecular weight is 326 g/mol. The standard InChI is InChI=1S/C19H22N2O3/c1-23-16-5-3-2-4-14(16)17-6-7-18(24-17)19(22)20-15-12-21-10-8-13(15)9-11-21/h2-7,13,15H,8-12H2,1H3,(H,20,22)/t15-/m0/s1. The molecule has 5 rings (SSSR count). The molecule has 3 aliphatic heterocycles. The normalized spacial score (nSPS) is 25.5. The van der Waals surface area contributed by atoms with Gasteiger partial charge in [-0.3, -0.25) is 4.79 Å². The summed E-state index contributed by atoms with van der Waals surface area (Å²) in [5.41, 5.74) is 0.849. The highest BCUT2D eigenvalue weighted by Crippen LogP contribution is 2.31. The molecular formula is C19H22N2O3. The van der Waals surface area contributed by atoms with Gasteiger partial charge in [-0.05, 0) is 56.1 Å². The van der Waals surface area contributed by atoms with Crippen molar-refractivity contribution in [3.8, 4) is 17.1 Å². The molecule has 5 heteroatoms. The van der Waals surface area contributed by atoms with E-state index in [-0.39, 0.29) is 11.9 Å². The van der Waals surface area contributed by atoms with Gasteiger partial charge in [0, 0.05) is 12.6 Å². The number of para-hydroxylation sites is 1. The first kappa shape index (κ1) is 15.3. The molecule has 2 aromatic rings. The number of nitrogens with zero attached hydrogens (tertiary/aromatic N) is 1. The molecule has 1 atom stereocenters. The van der Waals surface area contributed by atoms with Crippen LogP contribution >= 0.6 is 0 Å². The van der Waals surface area contributed by atoms with Gasteiger partial charge in [0.2, 0.25) is 0 Å². The predicted molar refractivity (Wildman–Crippen MR) is 91.1 cm³/mol. The Bertz CT molecular complexity index is 732. The lowest BCUT2D eigenvalue weighted by Gasteiger charge is -2.44. The molecule has 1 N–H and O–H groups in total. The highest BCUT2D eigenvalue weighted by atomic mass is 16.5. The molecule has 1 amide bonds. The highest BCUT2D eigenvalue weighted by molar-refractivity contribution is 5.92. The number of carbonyl (C=O) groups is 1. The molecule has 126 valence electrons. The van der Waals surface area contributed by atoms with E-state index < -0.39 is 0 Å². The quantitative estimate of drug-likeness (QED) is 0.939. The van der Waals surface area contributed by atoms with Crippen LogP contribution in [0.5, 0.6) is 5.75 Å². The molecule has 24 heavy (non-hydrogen) atoms. The van der Waals surface area contributed by atoms with E-state index in [1.807, 2.05) is 30.3 Å². The molecule has 3 saturated heterocycles. The molecule has 0 radical (unpaired) electrons. The van der Waals surface area contributed by atoms with Crippen LogP contribution in [0.25, 0.3) is 11.3 Å². The minimum atomic E-state index is -0.130. The molecule has 0 saturated carbocycles. The molecule has 3 aliphatic rings. The van der Waals surface area contributed by atoms with Gasteiger partial charge in [0.25, 0.3) is 5.91 Å². The maximum atomic E-state index is 12.5. The summed E-state index contributed by atoms with van der Waals surface area (Å²) in [5.74, 6) is 2.20. The number of nitrogens with one attached hydrogen (secondary N) is 1. The Kier molecular flexibility index (Phi) is 4.02. The Balaban J connectivity index is 1.49. The van der Waals surface area contributed by atoms with E-state index in [2.05, 4.69) is 10.2 Å². The van der Waals surface area contributed by atoms with Crippen LogP contribution in [0.15, 0.2) is 40.8 Å². The summed E-state index contributed by atoms with van der Waals surface area (Å²) in [7, 11) is 1.63. The highest BCUT2D eigenvalue weighted by Gasteiger charge is 2.35. The number of furan rings is 1. The Labute approximate surface area is 141 Å². The molecule has 0 spiro atoms. The third-order valence-corrected chi connectivity index (χ3v) is 5.17. The van der Waals surface area contributed by atoms with Crippen molar-refractivity contribution in [2.45, 2.75) is 18.9 Å². The van der Waals surface area contributed by atoms with Gasteiger partial charge in [-0.25, -0.2) is 0 Å². The fourth-order valence-corrected chi connectivity index (χ4v) is 3.82. The van der Waals surface area contributed by atoms with Crippen molar-refractivity contribution in [1.82, 2.24) is 10.2 Å². The van der Waals surface area contributed by atoms with Crippen molar-refractivity contribution in [2.75, 3.05) is 26.7 Å². The number of benzene rings is 1. The third kappa shape index (κ3) is 2.80. The monoisotopic (exact) mass is 326 g/mol. The predicted octanol–water partition coefficient (Wildman–Crippen LogP) is 2.78. The van der Waals surface area contributed by atoms with Crippen LogP contribution < -0.4 is 10.1 Å². The van der Waals surface area contributed by atoms with E-state index in [0.29, 0.717) is 17.4 Å². The lowest BCUT2D eigenvalue weighted by Crippen LogP contribution is -2.57. The van der Waals surface area contributed by atoms with E-state index in [1.54, 1.807) is 13.2 Å². The second-order valence-electron chi connectivity index (χ2n) is 6.58. The lowest BCUT2D eigenvalue weighted by molar-refractivity contribution is 0.0606. The zero-order valence-corrected chi connectivity index (χ0v) is 13.8. The Hall–Kier alpha value is -2.27. The van der Waals surface area contributed by atoms with Gasteiger partial charge in [-0.2, -0.15) is 0 Å². The smallest absolute Gasteiger partial charge is 0.287 e. The first-order valence-electron chi connectivity index (χ1n) is 8.51. The number of hydrogen-bond donors (Lipinski definition) is 1. The lowest BCUT2D eigenvalue weighted by atomic mass is 9.84. The van der Waals surface area contributed by atoms with Crippen molar-refractivity contribution >= 4 is 5.91 Å². The average Bonchev–Trinajstić information content (AvgIpc) is 3.13. The summed E-state index contributed by atoms with van der Waals surface area (Å²) in [6.07, 6.45) is 2.35. The minimum Gasteiger partial charge on any atom is -0.496 e. The fourth-order valence-electron chi connectivity index (χ4n) is 3.82. The number of ether oxygens (including phenoxy) is 1. The maximum Gasteiger partial charge on any atom is 0.287 e. The number of piperidine rings is 3. The first-order chi connectivity index (χ1) is 11.7. The molecule has 2 bridgehead atoms. The van der Waals surface area contributed by atoms with Crippen molar-refractivity contribution in [2.24, 2.45) is 5.92 Å². The van der Waals surface area contributed by atoms with Gasteiger partial charge in [0.05, 0.1) is 12.7 Å². The van der Waals surface area contributed by atoms with E-state index in [9.17, 15) is 4.79 Å². The van der Waals surface area contributed by atoms with Crippen LogP contribution in [0.4, 0.5) is 0 Å². The summed E-state index contributed by atoms with van der Waals surface area (Å²) >= 11 is 0. The summed E-state index contributed by atoms with van der Waals surface area (Å²) in [6.45, 7) is 3.28. The molecule has 1 aromatic heterocycles. The maximum absolute atomic E-state index is 12.5. The van der Waals surface area contributed by atoms with E-state index >= 15 is 0 Å². The largest absolute Gasteiger partial charge is 0.496 e. The number of carbonyl (C=O) groups excluding carboxylic acids is 1. The van der Waals surface area contributed by atoms with Crippen molar-refractivity contribution in [3.63, 3.8) is 0 Å². The summed E-state index contributed by atoms with van der Waals surface area (Å²) in [4.78, 5) is 15.0. The molecule has 1 aromatic carbocycles. The van der Waals surface area contributed by atoms with Crippen LogP contribution in [-0.2, 0) is 0 Å². The van der Waals surface area contributed by atoms with Crippen molar-refractivity contribution < 1.29 is 13.9 Å². The van der Waals surface area contributed by atoms with Crippen LogP contribution in [-0.4, -0.2) is 43.6 Å². The van der Waals surface area contributed by atoms with Gasteiger partial charge in [-0.1, -0.05) is 12.1 Å². The molecule has 0 unspecified atom stereocenters. The SMILES string of the molecule is COc1ccccc1-c1ccc(C(=O)N[C@H]2CN3CCC2CC3)o1. The van der Waals surface area contributed by atoms with E-state index in [4.69, 9.17) is 9.15 Å². The van der Waals surface area contributed by atoms with Crippen molar-refractivity contribution in [3.05, 3.63) is 42.2 Å². The second-order valence-corrected chi connectivity index (χ2v) is 6.58. The van der Waals surface area contributed by atoms with Gasteiger partial charge in [0.1, 0.15) is 11.5 Å². The Morgan fingerprint density at radius 3 is 2.71 bits per heavy atom. The number of amides is 1. The molecule has 5 nitrogen and oxygen atoms in total. The number of hydrogen-bond acceptors (Lipinski definition) is 4. The van der Waals surface area contributed by atoms with Crippen LogP contribution in [0, 0.1) is 5.92 Å². The Morgan fingerprint density at radius 2 is 2.00 bits per heavy atom. The van der Waals surface area contributed by atoms with Crippen molar-refractivity contribution in [1.29, 1.82) is 0 Å². The Morgan fingerprint density at radius 1 is 1.21 bits per heavy atom. The molecule has 3 fully saturated rings. The van der Waals surface area contributed by atoms with Gasteiger partial charge in [-0.15, -0.1) is 0 Å². The fraction of sp³-hybridized carbons (Fsp3) is 0.421. The van der Waals surface area contributed by atoms with Gasteiger partial charge < -0.3 is 19.4 Å². The zero-order chi connectivity index (χ0) is 16.5. The second kappa shape index (κ2) is 6.32. The van der Waals surface area contributed by atoms with E-state index in [1.165, 1.54) is 12.8 Å².